The number of aliphatic imine (C=N–C) groups is 1. The highest BCUT2D eigenvalue weighted by molar-refractivity contribution is 14.0. The second-order valence-electron chi connectivity index (χ2n) is 5.28. The average molecular weight is 466 g/mol. The van der Waals surface area contributed by atoms with Gasteiger partial charge in [-0.3, -0.25) is 4.99 Å². The van der Waals surface area contributed by atoms with Crippen molar-refractivity contribution in [3.63, 3.8) is 0 Å². The van der Waals surface area contributed by atoms with Crippen LogP contribution in [0.4, 0.5) is 0 Å². The van der Waals surface area contributed by atoms with Gasteiger partial charge in [0.05, 0.1) is 25.9 Å². The van der Waals surface area contributed by atoms with Gasteiger partial charge in [-0.2, -0.15) is 5.26 Å². The van der Waals surface area contributed by atoms with Gasteiger partial charge in [-0.25, -0.2) is 0 Å². The van der Waals surface area contributed by atoms with Gasteiger partial charge in [0.25, 0.3) is 0 Å². The Morgan fingerprint density at radius 1 is 1.00 bits per heavy atom. The summed E-state index contributed by atoms with van der Waals surface area (Å²) < 4.78 is 10.6. The van der Waals surface area contributed by atoms with Crippen molar-refractivity contribution in [2.45, 2.75) is 13.1 Å². The summed E-state index contributed by atoms with van der Waals surface area (Å²) in [7, 11) is 4.95. The molecule has 2 aromatic rings. The van der Waals surface area contributed by atoms with E-state index in [-0.39, 0.29) is 24.0 Å². The number of hydrogen-bond acceptors (Lipinski definition) is 4. The Morgan fingerprint density at radius 3 is 2.23 bits per heavy atom. The second kappa shape index (κ2) is 11.2. The second-order valence-corrected chi connectivity index (χ2v) is 5.28. The first-order valence-electron chi connectivity index (χ1n) is 7.84. The minimum Gasteiger partial charge on any atom is -0.493 e. The fraction of sp³-hybridized carbons (Fsp3) is 0.263. The van der Waals surface area contributed by atoms with Crippen LogP contribution in [0.25, 0.3) is 0 Å². The minimum absolute atomic E-state index is 0. The lowest BCUT2D eigenvalue weighted by molar-refractivity contribution is 0.354. The Kier molecular flexibility index (Phi) is 9.30. The van der Waals surface area contributed by atoms with Gasteiger partial charge >= 0.3 is 0 Å². The van der Waals surface area contributed by atoms with E-state index in [0.717, 1.165) is 11.1 Å². The molecule has 2 N–H and O–H groups in total. The molecule has 138 valence electrons. The third-order valence-corrected chi connectivity index (χ3v) is 3.65. The topological polar surface area (TPSA) is 78.7 Å². The van der Waals surface area contributed by atoms with Crippen molar-refractivity contribution in [1.82, 2.24) is 10.6 Å². The third kappa shape index (κ3) is 6.11. The summed E-state index contributed by atoms with van der Waals surface area (Å²) in [6, 6.07) is 15.4. The summed E-state index contributed by atoms with van der Waals surface area (Å²) in [4.78, 5) is 4.21. The van der Waals surface area contributed by atoms with E-state index in [1.807, 2.05) is 36.4 Å². The summed E-state index contributed by atoms with van der Waals surface area (Å²) in [5, 5.41) is 15.4. The Morgan fingerprint density at radius 2 is 1.65 bits per heavy atom. The zero-order chi connectivity index (χ0) is 18.1. The van der Waals surface area contributed by atoms with Gasteiger partial charge in [-0.1, -0.05) is 18.2 Å². The summed E-state index contributed by atoms with van der Waals surface area (Å²) in [5.74, 6) is 2.07. The largest absolute Gasteiger partial charge is 0.493 e. The lowest BCUT2D eigenvalue weighted by atomic mass is 10.1. The van der Waals surface area contributed by atoms with Gasteiger partial charge in [0.15, 0.2) is 17.5 Å². The molecule has 0 aliphatic carbocycles. The zero-order valence-corrected chi connectivity index (χ0v) is 17.4. The molecule has 26 heavy (non-hydrogen) atoms. The highest BCUT2D eigenvalue weighted by atomic mass is 127. The molecular formula is C19H23IN4O2. The fourth-order valence-electron chi connectivity index (χ4n) is 2.33. The molecule has 0 unspecified atom stereocenters. The molecule has 0 atom stereocenters. The number of ether oxygens (including phenoxy) is 2. The van der Waals surface area contributed by atoms with E-state index in [1.54, 1.807) is 27.3 Å². The quantitative estimate of drug-likeness (QED) is 0.389. The predicted molar refractivity (Wildman–Crippen MR) is 113 cm³/mol. The Bertz CT molecular complexity index is 787. The highest BCUT2D eigenvalue weighted by Gasteiger charge is 2.05. The number of halogens is 1. The van der Waals surface area contributed by atoms with Gasteiger partial charge in [0, 0.05) is 20.1 Å². The zero-order valence-electron chi connectivity index (χ0n) is 15.1. The van der Waals surface area contributed by atoms with E-state index in [0.29, 0.717) is 36.1 Å². The van der Waals surface area contributed by atoms with Gasteiger partial charge in [-0.05, 0) is 35.4 Å². The molecule has 0 amide bonds. The number of guanidine groups is 1. The minimum atomic E-state index is 0. The number of rotatable bonds is 6. The number of methoxy groups -OCH3 is 2. The van der Waals surface area contributed by atoms with Crippen molar-refractivity contribution in [3.8, 4) is 17.6 Å². The van der Waals surface area contributed by atoms with Gasteiger partial charge < -0.3 is 20.1 Å². The van der Waals surface area contributed by atoms with Crippen molar-refractivity contribution in [3.05, 3.63) is 59.2 Å². The standard InChI is InChI=1S/C19H22N4O2.HI/c1-21-19(22-12-15-6-4-5-14(9-15)11-20)23-13-16-7-8-17(24-2)18(10-16)25-3;/h4-10H,12-13H2,1-3H3,(H2,21,22,23);1H. The maximum atomic E-state index is 8.95. The Hall–Kier alpha value is -2.47. The van der Waals surface area contributed by atoms with Crippen LogP contribution in [0, 0.1) is 11.3 Å². The molecule has 0 aromatic heterocycles. The first-order valence-corrected chi connectivity index (χ1v) is 7.84. The molecule has 0 saturated carbocycles. The van der Waals surface area contributed by atoms with Gasteiger partial charge in [-0.15, -0.1) is 24.0 Å². The van der Waals surface area contributed by atoms with Crippen LogP contribution in [0.1, 0.15) is 16.7 Å². The van der Waals surface area contributed by atoms with E-state index >= 15 is 0 Å². The van der Waals surface area contributed by atoms with Gasteiger partial charge in [0.1, 0.15) is 0 Å². The van der Waals surface area contributed by atoms with Crippen LogP contribution < -0.4 is 20.1 Å². The number of nitrogens with zero attached hydrogens (tertiary/aromatic N) is 2. The molecule has 2 rings (SSSR count). The lowest BCUT2D eigenvalue weighted by Crippen LogP contribution is -2.36. The van der Waals surface area contributed by atoms with Crippen molar-refractivity contribution < 1.29 is 9.47 Å². The van der Waals surface area contributed by atoms with Crippen LogP contribution in [0.15, 0.2) is 47.5 Å². The van der Waals surface area contributed by atoms with E-state index < -0.39 is 0 Å². The summed E-state index contributed by atoms with van der Waals surface area (Å²) >= 11 is 0. The molecule has 0 aliphatic rings. The maximum Gasteiger partial charge on any atom is 0.191 e. The van der Waals surface area contributed by atoms with Crippen molar-refractivity contribution >= 4 is 29.9 Å². The number of benzene rings is 2. The molecular weight excluding hydrogens is 443 g/mol. The fourth-order valence-corrected chi connectivity index (χ4v) is 2.33. The van der Waals surface area contributed by atoms with E-state index in [1.165, 1.54) is 0 Å². The molecule has 6 nitrogen and oxygen atoms in total. The van der Waals surface area contributed by atoms with Crippen LogP contribution >= 0.6 is 24.0 Å². The molecule has 0 fully saturated rings. The van der Waals surface area contributed by atoms with Crippen molar-refractivity contribution in [2.75, 3.05) is 21.3 Å². The van der Waals surface area contributed by atoms with Crippen molar-refractivity contribution in [1.29, 1.82) is 5.26 Å². The summed E-state index contributed by atoms with van der Waals surface area (Å²) in [5.41, 5.74) is 2.72. The van der Waals surface area contributed by atoms with Gasteiger partial charge in [0.2, 0.25) is 0 Å². The van der Waals surface area contributed by atoms with Crippen LogP contribution in [0.2, 0.25) is 0 Å². The normalized spacial score (nSPS) is 10.3. The molecule has 0 radical (unpaired) electrons. The molecule has 7 heteroatoms. The molecule has 2 aromatic carbocycles. The average Bonchev–Trinajstić information content (AvgIpc) is 2.68. The maximum absolute atomic E-state index is 8.95. The molecule has 0 saturated heterocycles. The monoisotopic (exact) mass is 466 g/mol. The van der Waals surface area contributed by atoms with Crippen LogP contribution in [0.5, 0.6) is 11.5 Å². The Balaban J connectivity index is 0.00000338. The SMILES string of the molecule is CN=C(NCc1cccc(C#N)c1)NCc1ccc(OC)c(OC)c1.I. The molecule has 0 aliphatic heterocycles. The first kappa shape index (κ1) is 21.6. The predicted octanol–water partition coefficient (Wildman–Crippen LogP) is 3.06. The Labute approximate surface area is 171 Å². The van der Waals surface area contributed by atoms with Crippen LogP contribution in [-0.4, -0.2) is 27.2 Å². The molecule has 0 bridgehead atoms. The number of nitriles is 1. The highest BCUT2D eigenvalue weighted by Crippen LogP contribution is 2.27. The van der Waals surface area contributed by atoms with E-state index in [9.17, 15) is 0 Å². The summed E-state index contributed by atoms with van der Waals surface area (Å²) in [6.45, 7) is 1.18. The third-order valence-electron chi connectivity index (χ3n) is 3.65. The van der Waals surface area contributed by atoms with Crippen LogP contribution in [-0.2, 0) is 13.1 Å². The first-order chi connectivity index (χ1) is 12.2. The number of hydrogen-bond donors (Lipinski definition) is 2. The summed E-state index contributed by atoms with van der Waals surface area (Å²) in [6.07, 6.45) is 0. The number of nitrogens with one attached hydrogen (secondary N) is 2. The van der Waals surface area contributed by atoms with E-state index in [2.05, 4.69) is 21.7 Å². The van der Waals surface area contributed by atoms with Crippen molar-refractivity contribution in [2.24, 2.45) is 4.99 Å². The molecule has 0 heterocycles. The molecule has 0 spiro atoms. The van der Waals surface area contributed by atoms with E-state index in [4.69, 9.17) is 14.7 Å². The smallest absolute Gasteiger partial charge is 0.191 e. The lowest BCUT2D eigenvalue weighted by Gasteiger charge is -2.13. The van der Waals surface area contributed by atoms with Crippen LogP contribution in [0.3, 0.4) is 0 Å².